The Labute approximate surface area is 148 Å². The predicted molar refractivity (Wildman–Crippen MR) is 100 cm³/mol. The van der Waals surface area contributed by atoms with E-state index in [1.807, 2.05) is 55.5 Å². The van der Waals surface area contributed by atoms with Gasteiger partial charge in [-0.2, -0.15) is 0 Å². The highest BCUT2D eigenvalue weighted by atomic mass is 32.2. The molecule has 5 heteroatoms. The third-order valence-electron chi connectivity index (χ3n) is 4.49. The molecule has 2 N–H and O–H groups in total. The van der Waals surface area contributed by atoms with E-state index in [0.717, 1.165) is 21.9 Å². The fourth-order valence-corrected chi connectivity index (χ4v) is 4.29. The zero-order valence-electron chi connectivity index (χ0n) is 14.2. The van der Waals surface area contributed by atoms with Crippen molar-refractivity contribution in [1.82, 2.24) is 4.72 Å². The first kappa shape index (κ1) is 17.6. The van der Waals surface area contributed by atoms with Gasteiger partial charge in [0.1, 0.15) is 0 Å². The molecule has 0 saturated carbocycles. The molecular weight excluding hydrogens is 334 g/mol. The molecular formula is C20H21NO3S. The van der Waals surface area contributed by atoms with Crippen molar-refractivity contribution in [3.8, 4) is 0 Å². The number of fused-ring (bicyclic) bond motifs is 1. The van der Waals surface area contributed by atoms with E-state index in [0.29, 0.717) is 5.56 Å². The summed E-state index contributed by atoms with van der Waals surface area (Å²) in [6.07, 6.45) is -0.925. The first-order valence-electron chi connectivity index (χ1n) is 8.12. The van der Waals surface area contributed by atoms with Crippen LogP contribution in [0.25, 0.3) is 10.8 Å². The fraction of sp³-hybridized carbons (Fsp3) is 0.200. The summed E-state index contributed by atoms with van der Waals surface area (Å²) in [4.78, 5) is 0.248. The minimum Gasteiger partial charge on any atom is -0.387 e. The molecule has 3 aromatic carbocycles. The van der Waals surface area contributed by atoms with Crippen molar-refractivity contribution < 1.29 is 13.5 Å². The third kappa shape index (κ3) is 3.58. The van der Waals surface area contributed by atoms with Crippen molar-refractivity contribution >= 4 is 20.8 Å². The van der Waals surface area contributed by atoms with Gasteiger partial charge in [-0.25, -0.2) is 13.1 Å². The van der Waals surface area contributed by atoms with Crippen LogP contribution < -0.4 is 4.72 Å². The van der Waals surface area contributed by atoms with Crippen molar-refractivity contribution in [3.63, 3.8) is 0 Å². The van der Waals surface area contributed by atoms with E-state index in [4.69, 9.17) is 0 Å². The molecule has 1 unspecified atom stereocenters. The van der Waals surface area contributed by atoms with Gasteiger partial charge in [-0.15, -0.1) is 0 Å². The van der Waals surface area contributed by atoms with Crippen LogP contribution in [0.4, 0.5) is 0 Å². The average molecular weight is 355 g/mol. The summed E-state index contributed by atoms with van der Waals surface area (Å²) in [5, 5.41) is 12.5. The van der Waals surface area contributed by atoms with E-state index in [9.17, 15) is 13.5 Å². The molecule has 0 aliphatic carbocycles. The first-order valence-corrected chi connectivity index (χ1v) is 9.60. The second-order valence-electron chi connectivity index (χ2n) is 6.13. The van der Waals surface area contributed by atoms with Gasteiger partial charge in [0.05, 0.1) is 11.0 Å². The lowest BCUT2D eigenvalue weighted by molar-refractivity contribution is 0.183. The highest BCUT2D eigenvalue weighted by Crippen LogP contribution is 2.24. The Morgan fingerprint density at radius 2 is 1.64 bits per heavy atom. The summed E-state index contributed by atoms with van der Waals surface area (Å²) in [5.74, 6) is 0. The Bertz CT molecular complexity index is 1010. The van der Waals surface area contributed by atoms with Crippen LogP contribution >= 0.6 is 0 Å². The van der Waals surface area contributed by atoms with Crippen molar-refractivity contribution in [2.24, 2.45) is 0 Å². The van der Waals surface area contributed by atoms with E-state index in [-0.39, 0.29) is 11.4 Å². The quantitative estimate of drug-likeness (QED) is 0.736. The number of aliphatic hydroxyl groups excluding tert-OH is 1. The van der Waals surface area contributed by atoms with Gasteiger partial charge in [-0.3, -0.25) is 0 Å². The van der Waals surface area contributed by atoms with Crippen LogP contribution in [0.5, 0.6) is 0 Å². The molecule has 0 aliphatic heterocycles. The SMILES string of the molecule is Cc1cccc(S(=O)(=O)NCC(O)c2cccc3ccccc23)c1C. The van der Waals surface area contributed by atoms with Crippen molar-refractivity contribution in [3.05, 3.63) is 77.4 Å². The molecule has 0 bridgehead atoms. The summed E-state index contributed by atoms with van der Waals surface area (Å²) in [7, 11) is -3.68. The Morgan fingerprint density at radius 1 is 0.960 bits per heavy atom. The topological polar surface area (TPSA) is 66.4 Å². The number of aliphatic hydroxyl groups is 1. The normalized spacial score (nSPS) is 13.1. The van der Waals surface area contributed by atoms with Gasteiger partial charge in [0.25, 0.3) is 0 Å². The molecule has 0 aromatic heterocycles. The highest BCUT2D eigenvalue weighted by molar-refractivity contribution is 7.89. The van der Waals surface area contributed by atoms with Gasteiger partial charge in [0.2, 0.25) is 10.0 Å². The smallest absolute Gasteiger partial charge is 0.240 e. The first-order chi connectivity index (χ1) is 11.9. The molecule has 0 radical (unpaired) electrons. The zero-order chi connectivity index (χ0) is 18.0. The molecule has 0 aliphatic rings. The minimum absolute atomic E-state index is 0.0796. The van der Waals surface area contributed by atoms with E-state index in [1.165, 1.54) is 0 Å². The lowest BCUT2D eigenvalue weighted by Crippen LogP contribution is -2.29. The van der Waals surface area contributed by atoms with Crippen LogP contribution in [-0.4, -0.2) is 20.1 Å². The zero-order valence-corrected chi connectivity index (χ0v) is 15.0. The fourth-order valence-electron chi connectivity index (χ4n) is 2.93. The maximum atomic E-state index is 12.6. The van der Waals surface area contributed by atoms with E-state index in [2.05, 4.69) is 4.72 Å². The largest absolute Gasteiger partial charge is 0.387 e. The molecule has 0 heterocycles. The highest BCUT2D eigenvalue weighted by Gasteiger charge is 2.20. The Morgan fingerprint density at radius 3 is 2.44 bits per heavy atom. The van der Waals surface area contributed by atoms with E-state index in [1.54, 1.807) is 19.1 Å². The minimum atomic E-state index is -3.68. The van der Waals surface area contributed by atoms with Crippen molar-refractivity contribution in [1.29, 1.82) is 0 Å². The predicted octanol–water partition coefficient (Wildman–Crippen LogP) is 3.47. The number of nitrogens with one attached hydrogen (secondary N) is 1. The van der Waals surface area contributed by atoms with Gasteiger partial charge in [0.15, 0.2) is 0 Å². The van der Waals surface area contributed by atoms with Crippen LogP contribution in [0.3, 0.4) is 0 Å². The van der Waals surface area contributed by atoms with Crippen molar-refractivity contribution in [2.75, 3.05) is 6.54 Å². The van der Waals surface area contributed by atoms with Crippen LogP contribution in [-0.2, 0) is 10.0 Å². The molecule has 0 spiro atoms. The van der Waals surface area contributed by atoms with Gasteiger partial charge < -0.3 is 5.11 Å². The van der Waals surface area contributed by atoms with Crippen LogP contribution in [0.2, 0.25) is 0 Å². The Kier molecular flexibility index (Phi) is 4.90. The summed E-state index contributed by atoms with van der Waals surface area (Å²) in [5.41, 5.74) is 2.34. The molecule has 0 amide bonds. The lowest BCUT2D eigenvalue weighted by Gasteiger charge is -2.16. The second kappa shape index (κ2) is 6.96. The molecule has 4 nitrogen and oxygen atoms in total. The van der Waals surface area contributed by atoms with Gasteiger partial charge in [0, 0.05) is 6.54 Å². The maximum absolute atomic E-state index is 12.6. The van der Waals surface area contributed by atoms with Gasteiger partial charge in [-0.05, 0) is 47.4 Å². The number of aryl methyl sites for hydroxylation is 1. The standard InChI is InChI=1S/C20H21NO3S/c1-14-7-5-12-20(15(14)2)25(23,24)21-13-19(22)18-11-6-9-16-8-3-4-10-17(16)18/h3-12,19,21-22H,13H2,1-2H3. The maximum Gasteiger partial charge on any atom is 0.240 e. The molecule has 1 atom stereocenters. The summed E-state index contributed by atoms with van der Waals surface area (Å²) < 4.78 is 27.7. The number of benzene rings is 3. The molecule has 3 rings (SSSR count). The molecule has 0 saturated heterocycles. The van der Waals surface area contributed by atoms with Gasteiger partial charge in [-0.1, -0.05) is 54.6 Å². The molecule has 3 aromatic rings. The number of sulfonamides is 1. The molecule has 25 heavy (non-hydrogen) atoms. The van der Waals surface area contributed by atoms with Crippen LogP contribution in [0.15, 0.2) is 65.6 Å². The van der Waals surface area contributed by atoms with Gasteiger partial charge >= 0.3 is 0 Å². The lowest BCUT2D eigenvalue weighted by atomic mass is 10.0. The number of hydrogen-bond acceptors (Lipinski definition) is 3. The van der Waals surface area contributed by atoms with Crippen molar-refractivity contribution in [2.45, 2.75) is 24.8 Å². The van der Waals surface area contributed by atoms with E-state index >= 15 is 0 Å². The Balaban J connectivity index is 1.84. The van der Waals surface area contributed by atoms with E-state index < -0.39 is 16.1 Å². The summed E-state index contributed by atoms with van der Waals surface area (Å²) in [6, 6.07) is 18.5. The third-order valence-corrected chi connectivity index (χ3v) is 6.06. The monoisotopic (exact) mass is 355 g/mol. The second-order valence-corrected chi connectivity index (χ2v) is 7.87. The molecule has 130 valence electrons. The summed E-state index contributed by atoms with van der Waals surface area (Å²) in [6.45, 7) is 3.58. The van der Waals surface area contributed by atoms with Crippen LogP contribution in [0.1, 0.15) is 22.8 Å². The number of rotatable bonds is 5. The Hall–Kier alpha value is -2.21. The summed E-state index contributed by atoms with van der Waals surface area (Å²) >= 11 is 0. The number of hydrogen-bond donors (Lipinski definition) is 2. The average Bonchev–Trinajstić information content (AvgIpc) is 2.61. The van der Waals surface area contributed by atoms with Crippen LogP contribution in [0, 0.1) is 13.8 Å². The molecule has 0 fully saturated rings.